The number of nitrogens with one attached hydrogen (secondary N) is 2. The van der Waals surface area contributed by atoms with Gasteiger partial charge in [0.2, 0.25) is 0 Å². The van der Waals surface area contributed by atoms with E-state index in [1.807, 2.05) is 11.5 Å². The molecule has 1 heterocycles. The number of H-pyrrole nitrogens is 1. The molecule has 0 saturated carbocycles. The number of nitrogens with two attached hydrogens (primary N) is 1. The summed E-state index contributed by atoms with van der Waals surface area (Å²) in [5.74, 6) is -0.348. The first-order chi connectivity index (χ1) is 11.5. The Morgan fingerprint density at radius 3 is 2.88 bits per heavy atom. The molecule has 0 atom stereocenters. The van der Waals surface area contributed by atoms with E-state index in [-0.39, 0.29) is 17.3 Å². The first-order valence-electron chi connectivity index (χ1n) is 6.63. The van der Waals surface area contributed by atoms with Crippen molar-refractivity contribution in [3.05, 3.63) is 50.3 Å². The highest BCUT2D eigenvalue weighted by molar-refractivity contribution is 14.2. The maximum absolute atomic E-state index is 13.8. The molecule has 6 nitrogen and oxygen atoms in total. The van der Waals surface area contributed by atoms with Crippen molar-refractivity contribution < 1.29 is 9.60 Å². The molecular formula is C15H12ClFIN5O. The zero-order valence-electron chi connectivity index (χ0n) is 12.1. The Hall–Kier alpha value is -2.04. The van der Waals surface area contributed by atoms with Crippen LogP contribution in [0.2, 0.25) is 5.02 Å². The summed E-state index contributed by atoms with van der Waals surface area (Å²) >= 11 is 5.77. The van der Waals surface area contributed by atoms with Crippen molar-refractivity contribution in [1.82, 2.24) is 15.4 Å². The minimum absolute atomic E-state index is 0.0270. The number of fused-ring (bicyclic) bond motifs is 1. The summed E-state index contributed by atoms with van der Waals surface area (Å²) in [5, 5.41) is 10.0. The van der Waals surface area contributed by atoms with E-state index in [9.17, 15) is 9.60 Å². The van der Waals surface area contributed by atoms with Crippen molar-refractivity contribution >= 4 is 65.4 Å². The summed E-state index contributed by atoms with van der Waals surface area (Å²) in [5.41, 5.74) is 9.17. The van der Waals surface area contributed by atoms with Crippen molar-refractivity contribution in [1.29, 1.82) is 0 Å². The Morgan fingerprint density at radius 1 is 1.42 bits per heavy atom. The third kappa shape index (κ3) is 3.25. The van der Waals surface area contributed by atoms with Crippen LogP contribution in [0.25, 0.3) is 11.0 Å². The fourth-order valence-corrected chi connectivity index (χ4v) is 3.69. The number of aliphatic imine (C=N–C) groups is 1. The number of amidine groups is 1. The van der Waals surface area contributed by atoms with Gasteiger partial charge in [-0.05, 0) is 30.3 Å². The first-order valence-corrected chi connectivity index (χ1v) is 9.62. The predicted molar refractivity (Wildman–Crippen MR) is 103 cm³/mol. The third-order valence-electron chi connectivity index (χ3n) is 3.22. The van der Waals surface area contributed by atoms with Gasteiger partial charge in [-0.1, -0.05) is 36.8 Å². The van der Waals surface area contributed by atoms with Gasteiger partial charge < -0.3 is 10.7 Å². The Kier molecular flexibility index (Phi) is 4.78. The van der Waals surface area contributed by atoms with E-state index in [4.69, 9.17) is 17.3 Å². The lowest BCUT2D eigenvalue weighted by Crippen LogP contribution is -2.20. The van der Waals surface area contributed by atoms with E-state index in [1.54, 1.807) is 12.1 Å². The SMILES string of the molecule is C=Ic1ccc(N=C(NO)c2cc(F)cc3[nH]c(N)nc23)cc1Cl. The quantitative estimate of drug-likeness (QED) is 0.208. The number of hydroxylamine groups is 1. The topological polar surface area (TPSA) is 99.3 Å². The summed E-state index contributed by atoms with van der Waals surface area (Å²) in [4.78, 5) is 11.1. The van der Waals surface area contributed by atoms with Crippen LogP contribution in [0.3, 0.4) is 0 Å². The third-order valence-corrected chi connectivity index (χ3v) is 5.61. The molecule has 0 radical (unpaired) electrons. The maximum Gasteiger partial charge on any atom is 0.198 e. The summed E-state index contributed by atoms with van der Waals surface area (Å²) in [6.07, 6.45) is 0. The van der Waals surface area contributed by atoms with Gasteiger partial charge in [0, 0.05) is 9.13 Å². The number of aromatic nitrogens is 2. The molecule has 0 fully saturated rings. The second-order valence-electron chi connectivity index (χ2n) is 4.78. The van der Waals surface area contributed by atoms with Crippen molar-refractivity contribution in [3.8, 4) is 0 Å². The largest absolute Gasteiger partial charge is 0.369 e. The van der Waals surface area contributed by atoms with Gasteiger partial charge in [0.05, 0.1) is 16.2 Å². The van der Waals surface area contributed by atoms with E-state index in [1.165, 1.54) is 12.1 Å². The van der Waals surface area contributed by atoms with Crippen LogP contribution in [0.1, 0.15) is 5.56 Å². The molecule has 0 saturated heterocycles. The average Bonchev–Trinajstić information content (AvgIpc) is 2.92. The Labute approximate surface area is 151 Å². The number of nitrogens with zero attached hydrogens (tertiary/aromatic N) is 2. The number of aromatic amines is 1. The molecule has 24 heavy (non-hydrogen) atoms. The highest BCUT2D eigenvalue weighted by Gasteiger charge is 2.14. The van der Waals surface area contributed by atoms with Crippen LogP contribution in [-0.4, -0.2) is 25.5 Å². The molecular weight excluding hydrogens is 448 g/mol. The van der Waals surface area contributed by atoms with Crippen LogP contribution in [0, 0.1) is 9.39 Å². The second-order valence-corrected chi connectivity index (χ2v) is 7.11. The smallest absolute Gasteiger partial charge is 0.198 e. The van der Waals surface area contributed by atoms with E-state index >= 15 is 0 Å². The molecule has 5 N–H and O–H groups in total. The van der Waals surface area contributed by atoms with E-state index in [0.717, 1.165) is 3.57 Å². The van der Waals surface area contributed by atoms with Crippen LogP contribution in [0.15, 0.2) is 35.3 Å². The Bertz CT molecular complexity index is 972. The number of benzene rings is 2. The monoisotopic (exact) mass is 459 g/mol. The van der Waals surface area contributed by atoms with Crippen LogP contribution in [0.5, 0.6) is 0 Å². The minimum atomic E-state index is -0.515. The Balaban J connectivity index is 2.15. The molecule has 1 aromatic heterocycles. The highest BCUT2D eigenvalue weighted by atomic mass is 127. The number of hydrogen-bond donors (Lipinski definition) is 4. The highest BCUT2D eigenvalue weighted by Crippen LogP contribution is 2.27. The van der Waals surface area contributed by atoms with E-state index < -0.39 is 26.5 Å². The van der Waals surface area contributed by atoms with Gasteiger partial charge in [0.15, 0.2) is 11.8 Å². The van der Waals surface area contributed by atoms with Gasteiger partial charge in [-0.3, -0.25) is 10.7 Å². The molecule has 0 bridgehead atoms. The van der Waals surface area contributed by atoms with E-state index in [0.29, 0.717) is 21.7 Å². The summed E-state index contributed by atoms with van der Waals surface area (Å²) < 4.78 is 18.7. The fraction of sp³-hybridized carbons (Fsp3) is 0. The standard InChI is InChI=1S/C15H12ClFIN5O/c1-18-11-3-2-8(6-10(11)16)20-14(23-24)9-4-7(17)5-12-13(9)22-15(19)21-12/h2-6,24H,1H2,(H,20,23)(H3,19,21,22). The number of anilines is 1. The maximum atomic E-state index is 13.8. The van der Waals surface area contributed by atoms with Crippen molar-refractivity contribution in [2.45, 2.75) is 0 Å². The van der Waals surface area contributed by atoms with Crippen molar-refractivity contribution in [2.75, 3.05) is 5.73 Å². The summed E-state index contributed by atoms with van der Waals surface area (Å²) in [7, 11) is 0. The minimum Gasteiger partial charge on any atom is -0.369 e. The first kappa shape index (κ1) is 16.8. The molecule has 0 unspecified atom stereocenters. The molecule has 2 aromatic carbocycles. The van der Waals surface area contributed by atoms with E-state index in [2.05, 4.69) is 19.5 Å². The molecule has 3 aromatic rings. The number of rotatable bonds is 3. The van der Waals surface area contributed by atoms with Crippen molar-refractivity contribution in [3.63, 3.8) is 0 Å². The molecule has 0 spiro atoms. The van der Waals surface area contributed by atoms with Gasteiger partial charge in [0.1, 0.15) is 11.3 Å². The number of hydrogen-bond acceptors (Lipinski definition) is 4. The van der Waals surface area contributed by atoms with Crippen LogP contribution in [0.4, 0.5) is 16.0 Å². The number of nitrogen functional groups attached to an aromatic ring is 1. The number of imidazole rings is 1. The van der Waals surface area contributed by atoms with Gasteiger partial charge in [-0.25, -0.2) is 14.4 Å². The average molecular weight is 460 g/mol. The lowest BCUT2D eigenvalue weighted by atomic mass is 10.1. The van der Waals surface area contributed by atoms with Crippen LogP contribution >= 0.6 is 32.3 Å². The van der Waals surface area contributed by atoms with Gasteiger partial charge in [0.25, 0.3) is 0 Å². The van der Waals surface area contributed by atoms with Gasteiger partial charge in [-0.2, -0.15) is 0 Å². The summed E-state index contributed by atoms with van der Waals surface area (Å²) in [6.45, 7) is 0. The molecule has 0 aliphatic heterocycles. The molecule has 0 aliphatic carbocycles. The lowest BCUT2D eigenvalue weighted by molar-refractivity contribution is 0.235. The second kappa shape index (κ2) is 6.83. The summed E-state index contributed by atoms with van der Waals surface area (Å²) in [6, 6.07) is 7.72. The molecule has 0 amide bonds. The Morgan fingerprint density at radius 2 is 2.21 bits per heavy atom. The van der Waals surface area contributed by atoms with Gasteiger partial charge >= 0.3 is 0 Å². The predicted octanol–water partition coefficient (Wildman–Crippen LogP) is 3.57. The zero-order chi connectivity index (χ0) is 17.3. The normalized spacial score (nSPS) is 11.9. The number of halogens is 3. The molecule has 9 heteroatoms. The fourth-order valence-electron chi connectivity index (χ4n) is 2.22. The molecule has 0 aliphatic rings. The van der Waals surface area contributed by atoms with Gasteiger partial charge in [-0.15, -0.1) is 0 Å². The lowest BCUT2D eigenvalue weighted by Gasteiger charge is -2.07. The zero-order valence-corrected chi connectivity index (χ0v) is 15.1. The molecule has 124 valence electrons. The van der Waals surface area contributed by atoms with Crippen LogP contribution < -0.4 is 11.2 Å². The van der Waals surface area contributed by atoms with Crippen LogP contribution in [-0.2, 0) is 0 Å². The molecule has 3 rings (SSSR count). The van der Waals surface area contributed by atoms with Crippen molar-refractivity contribution in [2.24, 2.45) is 4.99 Å².